The van der Waals surface area contributed by atoms with Gasteiger partial charge in [-0.1, -0.05) is 18.9 Å². The van der Waals surface area contributed by atoms with Gasteiger partial charge >= 0.3 is 0 Å². The zero-order valence-electron chi connectivity index (χ0n) is 22.9. The lowest BCUT2D eigenvalue weighted by atomic mass is 9.80. The fourth-order valence-corrected chi connectivity index (χ4v) is 6.83. The number of rotatable bonds is 6. The maximum absolute atomic E-state index is 14.1. The van der Waals surface area contributed by atoms with Crippen LogP contribution in [-0.4, -0.2) is 94.3 Å². The van der Waals surface area contributed by atoms with Crippen molar-refractivity contribution in [2.45, 2.75) is 51.0 Å². The van der Waals surface area contributed by atoms with Crippen molar-refractivity contribution < 1.29 is 28.2 Å². The molecule has 0 bridgehead atoms. The van der Waals surface area contributed by atoms with Crippen LogP contribution in [0.2, 0.25) is 0 Å². The summed E-state index contributed by atoms with van der Waals surface area (Å²) in [5.74, 6) is -3.21. The zero-order valence-corrected chi connectivity index (χ0v) is 22.9. The van der Waals surface area contributed by atoms with E-state index in [2.05, 4.69) is 15.1 Å². The highest BCUT2D eigenvalue weighted by atomic mass is 19.1. The number of fused-ring (bicyclic) bond motifs is 4. The van der Waals surface area contributed by atoms with Gasteiger partial charge < -0.3 is 24.6 Å². The van der Waals surface area contributed by atoms with Crippen molar-refractivity contribution in [2.24, 2.45) is 5.92 Å². The molecule has 1 saturated carbocycles. The molecule has 1 aromatic carbocycles. The number of hydrogen-bond acceptors (Lipinski definition) is 7. The molecule has 41 heavy (non-hydrogen) atoms. The van der Waals surface area contributed by atoms with E-state index >= 15 is 0 Å². The minimum Gasteiger partial charge on any atom is -0.503 e. The number of aromatic nitrogens is 1. The van der Waals surface area contributed by atoms with Crippen LogP contribution in [-0.2, 0) is 17.8 Å². The van der Waals surface area contributed by atoms with Crippen molar-refractivity contribution in [3.05, 3.63) is 63.1 Å². The molecule has 2 aromatic rings. The van der Waals surface area contributed by atoms with E-state index in [0.29, 0.717) is 31.7 Å². The van der Waals surface area contributed by atoms with E-state index in [-0.39, 0.29) is 35.6 Å². The summed E-state index contributed by atoms with van der Waals surface area (Å²) < 4.78 is 34.3. The molecule has 6 rings (SSSR count). The Morgan fingerprint density at radius 1 is 1.07 bits per heavy atom. The number of hydrogen-bond donors (Lipinski definition) is 2. The van der Waals surface area contributed by atoms with Crippen LogP contribution < -0.4 is 10.7 Å². The summed E-state index contributed by atoms with van der Waals surface area (Å²) in [5, 5.41) is 13.4. The van der Waals surface area contributed by atoms with Crippen molar-refractivity contribution in [1.82, 2.24) is 24.6 Å². The predicted molar refractivity (Wildman–Crippen MR) is 144 cm³/mol. The maximum atomic E-state index is 14.1. The second-order valence-electron chi connectivity index (χ2n) is 11.4. The fourth-order valence-electron chi connectivity index (χ4n) is 6.83. The second-order valence-corrected chi connectivity index (χ2v) is 11.4. The number of pyridine rings is 1. The molecule has 2 amide bonds. The summed E-state index contributed by atoms with van der Waals surface area (Å²) in [7, 11) is 0. The van der Waals surface area contributed by atoms with Crippen LogP contribution in [0.1, 0.15) is 52.1 Å². The highest BCUT2D eigenvalue weighted by Gasteiger charge is 2.48. The van der Waals surface area contributed by atoms with Gasteiger partial charge in [-0.05, 0) is 24.8 Å². The molecule has 3 fully saturated rings. The minimum absolute atomic E-state index is 0.0396. The Labute approximate surface area is 236 Å². The van der Waals surface area contributed by atoms with Gasteiger partial charge in [-0.15, -0.1) is 0 Å². The van der Waals surface area contributed by atoms with E-state index in [1.165, 1.54) is 16.8 Å². The Morgan fingerprint density at radius 2 is 1.85 bits per heavy atom. The van der Waals surface area contributed by atoms with Crippen molar-refractivity contribution >= 4 is 11.8 Å². The smallest absolute Gasteiger partial charge is 0.276 e. The lowest BCUT2D eigenvalue weighted by molar-refractivity contribution is -0.0775. The van der Waals surface area contributed by atoms with Crippen LogP contribution in [0.15, 0.2) is 29.2 Å². The Hall–Kier alpha value is -3.35. The second kappa shape index (κ2) is 11.5. The van der Waals surface area contributed by atoms with Crippen molar-refractivity contribution in [2.75, 3.05) is 45.9 Å². The quantitative estimate of drug-likeness (QED) is 0.544. The van der Waals surface area contributed by atoms with E-state index in [9.17, 15) is 28.3 Å². The van der Waals surface area contributed by atoms with Gasteiger partial charge in [0.15, 0.2) is 11.4 Å². The zero-order chi connectivity index (χ0) is 28.7. The number of morpholine rings is 1. The number of amides is 2. The number of halogens is 2. The first kappa shape index (κ1) is 27.8. The molecule has 2 saturated heterocycles. The van der Waals surface area contributed by atoms with E-state index in [4.69, 9.17) is 4.74 Å². The largest absolute Gasteiger partial charge is 0.503 e. The predicted octanol–water partition coefficient (Wildman–Crippen LogP) is 1.75. The van der Waals surface area contributed by atoms with Crippen LogP contribution >= 0.6 is 0 Å². The first-order chi connectivity index (χ1) is 19.8. The molecule has 3 aliphatic heterocycles. The Kier molecular flexibility index (Phi) is 7.80. The molecule has 10 nitrogen and oxygen atoms in total. The average Bonchev–Trinajstić information content (AvgIpc) is 2.97. The van der Waals surface area contributed by atoms with Crippen molar-refractivity contribution in [1.29, 1.82) is 0 Å². The molecule has 1 aliphatic carbocycles. The number of nitrogens with zero attached hydrogens (tertiary/aromatic N) is 4. The summed E-state index contributed by atoms with van der Waals surface area (Å²) >= 11 is 0. The minimum atomic E-state index is -0.957. The van der Waals surface area contributed by atoms with Gasteiger partial charge in [-0.3, -0.25) is 24.2 Å². The monoisotopic (exact) mass is 571 g/mol. The number of nitrogens with one attached hydrogen (secondary N) is 1. The number of carbonyl (C=O) groups is 2. The first-order valence-electron chi connectivity index (χ1n) is 14.4. The Balaban J connectivity index is 1.27. The maximum Gasteiger partial charge on any atom is 0.276 e. The molecule has 12 heteroatoms. The van der Waals surface area contributed by atoms with E-state index in [1.54, 1.807) is 0 Å². The van der Waals surface area contributed by atoms with Gasteiger partial charge in [0.25, 0.3) is 11.8 Å². The van der Waals surface area contributed by atoms with Gasteiger partial charge in [0.05, 0.1) is 19.8 Å². The third-order valence-corrected chi connectivity index (χ3v) is 9.00. The lowest BCUT2D eigenvalue weighted by Crippen LogP contribution is -2.68. The molecule has 2 N–H and O–H groups in total. The third-order valence-electron chi connectivity index (χ3n) is 9.00. The first-order valence-corrected chi connectivity index (χ1v) is 14.4. The normalized spacial score (nSPS) is 24.9. The topological polar surface area (TPSA) is 107 Å². The van der Waals surface area contributed by atoms with Crippen molar-refractivity contribution in [3.63, 3.8) is 0 Å². The van der Waals surface area contributed by atoms with Crippen molar-refractivity contribution in [3.8, 4) is 5.75 Å². The molecule has 0 spiro atoms. The summed E-state index contributed by atoms with van der Waals surface area (Å²) in [5.41, 5.74) is -1.36. The van der Waals surface area contributed by atoms with Gasteiger partial charge in [0.2, 0.25) is 5.43 Å². The molecular formula is C29H35F2N5O5. The molecule has 220 valence electrons. The SMILES string of the molecule is O=C(NCc1ccc(F)cc1F)c1cn2c(c(O)c1=O)C(=O)N1[C@H]3CCCC[C@H]3CN(CCN3CCOCC3)[C@@H]1C2. The van der Waals surface area contributed by atoms with E-state index < -0.39 is 34.6 Å². The van der Waals surface area contributed by atoms with Crippen LogP contribution in [0.25, 0.3) is 0 Å². The van der Waals surface area contributed by atoms with Crippen LogP contribution in [0, 0.1) is 17.6 Å². The standard InChI is InChI=1S/C29H35F2N5O5/c30-20-6-5-18(22(31)13-20)14-32-28(39)21-16-35-17-24-34(8-7-33-9-11-41-12-10-33)15-19-3-1-2-4-23(19)36(24)29(40)25(35)27(38)26(21)37/h5-6,13,16,19,23-24,38H,1-4,7-12,14-15,17H2,(H,32,39)/t19-,23-,24-/m0/s1. The fraction of sp³-hybridized carbons (Fsp3) is 0.552. The molecule has 4 aliphatic rings. The Morgan fingerprint density at radius 3 is 2.63 bits per heavy atom. The van der Waals surface area contributed by atoms with E-state index in [0.717, 1.165) is 64.5 Å². The summed E-state index contributed by atoms with van der Waals surface area (Å²) in [6, 6.07) is 3.04. The average molecular weight is 572 g/mol. The molecule has 0 radical (unpaired) electrons. The van der Waals surface area contributed by atoms with Gasteiger partial charge in [-0.2, -0.15) is 0 Å². The number of ether oxygens (including phenoxy) is 1. The van der Waals surface area contributed by atoms with Gasteiger partial charge in [0, 0.05) is 63.1 Å². The lowest BCUT2D eigenvalue weighted by Gasteiger charge is -2.55. The molecule has 3 atom stereocenters. The summed E-state index contributed by atoms with van der Waals surface area (Å²) in [6.45, 7) is 5.63. The molecule has 4 heterocycles. The number of aromatic hydroxyl groups is 1. The summed E-state index contributed by atoms with van der Waals surface area (Å²) in [4.78, 5) is 46.6. The van der Waals surface area contributed by atoms with Crippen LogP contribution in [0.5, 0.6) is 5.75 Å². The highest BCUT2D eigenvalue weighted by molar-refractivity contribution is 5.99. The highest BCUT2D eigenvalue weighted by Crippen LogP contribution is 2.39. The number of benzene rings is 1. The molecule has 0 unspecified atom stereocenters. The summed E-state index contributed by atoms with van der Waals surface area (Å²) in [6.07, 6.45) is 5.10. The van der Waals surface area contributed by atoms with Gasteiger partial charge in [0.1, 0.15) is 23.4 Å². The van der Waals surface area contributed by atoms with Gasteiger partial charge in [-0.25, -0.2) is 8.78 Å². The third kappa shape index (κ3) is 5.35. The molecular weight excluding hydrogens is 536 g/mol. The molecule has 1 aromatic heterocycles. The number of carbonyl (C=O) groups excluding carboxylic acids is 2. The van der Waals surface area contributed by atoms with Crippen LogP contribution in [0.4, 0.5) is 8.78 Å². The van der Waals surface area contributed by atoms with E-state index in [1.807, 2.05) is 4.90 Å². The van der Waals surface area contributed by atoms with Crippen LogP contribution in [0.3, 0.4) is 0 Å². The Bertz CT molecular complexity index is 1390.